The molecule has 1 aromatic heterocycles. The Balaban J connectivity index is 2.43. The number of anilines is 1. The lowest BCUT2D eigenvalue weighted by molar-refractivity contribution is 0.626. The summed E-state index contributed by atoms with van der Waals surface area (Å²) in [5.74, 6) is 0.413. The van der Waals surface area contributed by atoms with E-state index >= 15 is 0 Å². The minimum Gasteiger partial charge on any atom is -0.367 e. The van der Waals surface area contributed by atoms with Crippen LogP contribution in [0.15, 0.2) is 18.2 Å². The lowest BCUT2D eigenvalue weighted by atomic mass is 10.2. The van der Waals surface area contributed by atoms with Gasteiger partial charge in [-0.25, -0.2) is 4.39 Å². The molecular formula is C11H15FN4. The maximum absolute atomic E-state index is 13.5. The maximum Gasteiger partial charge on any atom is 0.156 e. The van der Waals surface area contributed by atoms with Crippen molar-refractivity contribution in [2.45, 2.75) is 13.0 Å². The molecule has 1 unspecified atom stereocenters. The highest BCUT2D eigenvalue weighted by atomic mass is 19.1. The predicted molar refractivity (Wildman–Crippen MR) is 62.8 cm³/mol. The molecule has 0 fully saturated rings. The van der Waals surface area contributed by atoms with Crippen LogP contribution in [0.25, 0.3) is 10.9 Å². The number of aromatic nitrogens is 2. The first-order chi connectivity index (χ1) is 7.59. The zero-order chi connectivity index (χ0) is 11.7. The van der Waals surface area contributed by atoms with Crippen molar-refractivity contribution in [3.8, 4) is 0 Å². The molecular weight excluding hydrogens is 207 g/mol. The third-order valence-corrected chi connectivity index (χ3v) is 2.41. The molecule has 1 atom stereocenters. The summed E-state index contributed by atoms with van der Waals surface area (Å²) in [6.07, 6.45) is 0. The zero-order valence-corrected chi connectivity index (χ0v) is 9.37. The largest absolute Gasteiger partial charge is 0.367 e. The Morgan fingerprint density at radius 1 is 1.56 bits per heavy atom. The van der Waals surface area contributed by atoms with Crippen molar-refractivity contribution in [1.82, 2.24) is 9.78 Å². The number of rotatable bonds is 3. The van der Waals surface area contributed by atoms with E-state index in [1.54, 1.807) is 13.1 Å². The van der Waals surface area contributed by atoms with E-state index in [4.69, 9.17) is 5.73 Å². The van der Waals surface area contributed by atoms with Crippen LogP contribution in [0, 0.1) is 5.82 Å². The lowest BCUT2D eigenvalue weighted by Gasteiger charge is -2.05. The smallest absolute Gasteiger partial charge is 0.156 e. The van der Waals surface area contributed by atoms with Crippen LogP contribution < -0.4 is 11.1 Å². The Hall–Kier alpha value is -1.62. The van der Waals surface area contributed by atoms with E-state index in [1.165, 1.54) is 10.7 Å². The molecule has 0 saturated heterocycles. The summed E-state index contributed by atoms with van der Waals surface area (Å²) in [6.45, 7) is 2.52. The number of para-hydroxylation sites is 1. The highest BCUT2D eigenvalue weighted by molar-refractivity contribution is 5.90. The summed E-state index contributed by atoms with van der Waals surface area (Å²) in [5, 5.41) is 8.12. The molecule has 0 saturated carbocycles. The fraction of sp³-hybridized carbons (Fsp3) is 0.364. The molecule has 2 aromatic rings. The average Bonchev–Trinajstić information content (AvgIpc) is 2.54. The van der Waals surface area contributed by atoms with Gasteiger partial charge in [0.2, 0.25) is 0 Å². The predicted octanol–water partition coefficient (Wildman–Crippen LogP) is 1.47. The summed E-state index contributed by atoms with van der Waals surface area (Å²) in [4.78, 5) is 0. The number of aryl methyl sites for hydroxylation is 1. The minimum atomic E-state index is -0.263. The molecule has 0 aliphatic rings. The van der Waals surface area contributed by atoms with Gasteiger partial charge in [-0.15, -0.1) is 0 Å². The van der Waals surface area contributed by atoms with Crippen molar-refractivity contribution < 1.29 is 4.39 Å². The van der Waals surface area contributed by atoms with Gasteiger partial charge in [0, 0.05) is 25.0 Å². The average molecular weight is 222 g/mol. The number of halogens is 1. The first kappa shape index (κ1) is 10.9. The molecule has 4 nitrogen and oxygen atoms in total. The van der Waals surface area contributed by atoms with Crippen LogP contribution in [0.4, 0.5) is 10.2 Å². The van der Waals surface area contributed by atoms with E-state index in [0.29, 0.717) is 17.9 Å². The molecule has 2 rings (SSSR count). The van der Waals surface area contributed by atoms with Crippen molar-refractivity contribution in [2.24, 2.45) is 12.8 Å². The second kappa shape index (κ2) is 4.09. The van der Waals surface area contributed by atoms with E-state index in [0.717, 1.165) is 5.39 Å². The summed E-state index contributed by atoms with van der Waals surface area (Å²) >= 11 is 0. The van der Waals surface area contributed by atoms with Crippen molar-refractivity contribution in [3.05, 3.63) is 24.0 Å². The van der Waals surface area contributed by atoms with Gasteiger partial charge in [-0.1, -0.05) is 6.07 Å². The summed E-state index contributed by atoms with van der Waals surface area (Å²) < 4.78 is 15.1. The minimum absolute atomic E-state index is 0.0330. The van der Waals surface area contributed by atoms with Crippen LogP contribution in [0.1, 0.15) is 6.92 Å². The topological polar surface area (TPSA) is 55.9 Å². The molecule has 16 heavy (non-hydrogen) atoms. The molecule has 3 N–H and O–H groups in total. The van der Waals surface area contributed by atoms with Crippen LogP contribution in [0.3, 0.4) is 0 Å². The molecule has 0 aliphatic heterocycles. The van der Waals surface area contributed by atoms with Crippen molar-refractivity contribution in [3.63, 3.8) is 0 Å². The number of nitrogens with zero attached hydrogens (tertiary/aromatic N) is 2. The Bertz CT molecular complexity index is 504. The van der Waals surface area contributed by atoms with E-state index in [-0.39, 0.29) is 11.9 Å². The van der Waals surface area contributed by atoms with E-state index in [2.05, 4.69) is 10.4 Å². The monoisotopic (exact) mass is 222 g/mol. The molecule has 5 heteroatoms. The van der Waals surface area contributed by atoms with Gasteiger partial charge in [0.25, 0.3) is 0 Å². The first-order valence-electron chi connectivity index (χ1n) is 5.20. The van der Waals surface area contributed by atoms with Gasteiger partial charge in [-0.2, -0.15) is 5.10 Å². The highest BCUT2D eigenvalue weighted by Gasteiger charge is 2.11. The second-order valence-electron chi connectivity index (χ2n) is 3.97. The third kappa shape index (κ3) is 1.86. The SMILES string of the molecule is CC(N)CNc1nn(C)c2c(F)cccc12. The molecule has 0 bridgehead atoms. The Labute approximate surface area is 93.2 Å². The summed E-state index contributed by atoms with van der Waals surface area (Å²) in [6, 6.07) is 4.98. The summed E-state index contributed by atoms with van der Waals surface area (Å²) in [5.41, 5.74) is 6.16. The first-order valence-corrected chi connectivity index (χ1v) is 5.20. The molecule has 1 aromatic carbocycles. The van der Waals surface area contributed by atoms with E-state index in [1.807, 2.05) is 13.0 Å². The van der Waals surface area contributed by atoms with Crippen LogP contribution in [-0.2, 0) is 7.05 Å². The van der Waals surface area contributed by atoms with Gasteiger partial charge in [0.1, 0.15) is 11.3 Å². The fourth-order valence-electron chi connectivity index (χ4n) is 1.68. The molecule has 0 aliphatic carbocycles. The Morgan fingerprint density at radius 3 is 3.00 bits per heavy atom. The molecule has 0 radical (unpaired) electrons. The fourth-order valence-corrected chi connectivity index (χ4v) is 1.68. The number of hydrogen-bond acceptors (Lipinski definition) is 3. The Morgan fingerprint density at radius 2 is 2.31 bits per heavy atom. The van der Waals surface area contributed by atoms with Gasteiger partial charge >= 0.3 is 0 Å². The quantitative estimate of drug-likeness (QED) is 0.826. The van der Waals surface area contributed by atoms with Gasteiger partial charge in [-0.05, 0) is 19.1 Å². The number of nitrogens with one attached hydrogen (secondary N) is 1. The number of fused-ring (bicyclic) bond motifs is 1. The second-order valence-corrected chi connectivity index (χ2v) is 3.97. The van der Waals surface area contributed by atoms with Crippen molar-refractivity contribution >= 4 is 16.7 Å². The molecule has 1 heterocycles. The number of hydrogen-bond donors (Lipinski definition) is 2. The van der Waals surface area contributed by atoms with Crippen LogP contribution >= 0.6 is 0 Å². The lowest BCUT2D eigenvalue weighted by Crippen LogP contribution is -2.25. The zero-order valence-electron chi connectivity index (χ0n) is 9.37. The van der Waals surface area contributed by atoms with Gasteiger partial charge in [-0.3, -0.25) is 4.68 Å². The number of benzene rings is 1. The van der Waals surface area contributed by atoms with Gasteiger partial charge in [0.05, 0.1) is 0 Å². The highest BCUT2D eigenvalue weighted by Crippen LogP contribution is 2.24. The molecule has 0 spiro atoms. The summed E-state index contributed by atoms with van der Waals surface area (Å²) in [7, 11) is 1.72. The normalized spacial score (nSPS) is 13.0. The standard InChI is InChI=1S/C11H15FN4/c1-7(13)6-14-11-8-4-3-5-9(12)10(8)16(2)15-11/h3-5,7H,6,13H2,1-2H3,(H,14,15). The number of nitrogens with two attached hydrogens (primary N) is 1. The van der Waals surface area contributed by atoms with Crippen LogP contribution in [-0.4, -0.2) is 22.4 Å². The molecule has 0 amide bonds. The van der Waals surface area contributed by atoms with Gasteiger partial charge < -0.3 is 11.1 Å². The van der Waals surface area contributed by atoms with Crippen molar-refractivity contribution in [1.29, 1.82) is 0 Å². The van der Waals surface area contributed by atoms with Crippen LogP contribution in [0.5, 0.6) is 0 Å². The van der Waals surface area contributed by atoms with E-state index < -0.39 is 0 Å². The Kier molecular flexibility index (Phi) is 2.78. The van der Waals surface area contributed by atoms with Crippen molar-refractivity contribution in [2.75, 3.05) is 11.9 Å². The maximum atomic E-state index is 13.5. The van der Waals surface area contributed by atoms with Crippen LogP contribution in [0.2, 0.25) is 0 Å². The third-order valence-electron chi connectivity index (χ3n) is 2.41. The molecule has 86 valence electrons. The van der Waals surface area contributed by atoms with E-state index in [9.17, 15) is 4.39 Å². The van der Waals surface area contributed by atoms with Gasteiger partial charge in [0.15, 0.2) is 5.82 Å².